The highest BCUT2D eigenvalue weighted by Gasteiger charge is 2.30. The Morgan fingerprint density at radius 2 is 2.21 bits per heavy atom. The van der Waals surface area contributed by atoms with Crippen molar-refractivity contribution in [2.75, 3.05) is 19.8 Å². The summed E-state index contributed by atoms with van der Waals surface area (Å²) in [6, 6.07) is 7.73. The normalized spacial score (nSPS) is 16.9. The molecular weight excluding hydrogens is 436 g/mol. The third-order valence-electron chi connectivity index (χ3n) is 6.18. The van der Waals surface area contributed by atoms with Crippen LogP contribution in [0.25, 0.3) is 10.9 Å². The number of benzene rings is 1. The fraction of sp³-hybridized carbons (Fsp3) is 0.542. The van der Waals surface area contributed by atoms with Crippen molar-refractivity contribution < 1.29 is 14.3 Å². The summed E-state index contributed by atoms with van der Waals surface area (Å²) >= 11 is 0. The molecule has 1 saturated heterocycles. The molecule has 0 bridgehead atoms. The lowest BCUT2D eigenvalue weighted by molar-refractivity contribution is -0.144. The number of nitrogens with one attached hydrogen (secondary N) is 1. The van der Waals surface area contributed by atoms with Gasteiger partial charge < -0.3 is 14.5 Å². The molecule has 1 aliphatic rings. The summed E-state index contributed by atoms with van der Waals surface area (Å²) in [5, 5.41) is 13.1. The lowest BCUT2D eigenvalue weighted by Crippen LogP contribution is -2.38. The molecule has 2 aromatic heterocycles. The second kappa shape index (κ2) is 10.9. The van der Waals surface area contributed by atoms with Gasteiger partial charge >= 0.3 is 5.97 Å². The number of esters is 1. The molecule has 2 atom stereocenters. The van der Waals surface area contributed by atoms with Crippen molar-refractivity contribution >= 4 is 16.9 Å². The van der Waals surface area contributed by atoms with Crippen LogP contribution in [0.15, 0.2) is 29.1 Å². The maximum Gasteiger partial charge on any atom is 0.327 e. The Kier molecular flexibility index (Phi) is 7.69. The van der Waals surface area contributed by atoms with Crippen molar-refractivity contribution in [3.05, 3.63) is 51.6 Å². The molecule has 0 spiro atoms. The number of carbonyl (C=O) groups excluding carboxylic acids is 1. The smallest absolute Gasteiger partial charge is 0.327 e. The molecule has 0 saturated carbocycles. The van der Waals surface area contributed by atoms with E-state index in [9.17, 15) is 9.59 Å². The van der Waals surface area contributed by atoms with Gasteiger partial charge in [0, 0.05) is 30.8 Å². The number of fused-ring (bicyclic) bond motifs is 1. The maximum absolute atomic E-state index is 13.0. The summed E-state index contributed by atoms with van der Waals surface area (Å²) in [5.74, 6) is 0.180. The van der Waals surface area contributed by atoms with E-state index in [0.29, 0.717) is 37.5 Å². The van der Waals surface area contributed by atoms with Gasteiger partial charge in [-0.3, -0.25) is 14.5 Å². The molecule has 10 nitrogen and oxygen atoms in total. The Balaban J connectivity index is 1.66. The number of aryl methyl sites for hydroxylation is 1. The van der Waals surface area contributed by atoms with Gasteiger partial charge in [-0.2, -0.15) is 0 Å². The second-order valence-corrected chi connectivity index (χ2v) is 8.70. The molecule has 4 rings (SSSR count). The first-order valence-electron chi connectivity index (χ1n) is 11.9. The molecule has 0 amide bonds. The number of tetrazole rings is 1. The van der Waals surface area contributed by atoms with Crippen LogP contribution >= 0.6 is 0 Å². The fourth-order valence-electron chi connectivity index (χ4n) is 4.56. The van der Waals surface area contributed by atoms with E-state index in [0.717, 1.165) is 35.9 Å². The summed E-state index contributed by atoms with van der Waals surface area (Å²) in [6.07, 6.45) is 2.76. The van der Waals surface area contributed by atoms with Crippen molar-refractivity contribution in [2.45, 2.75) is 65.3 Å². The van der Waals surface area contributed by atoms with E-state index in [1.54, 1.807) is 6.92 Å². The molecule has 182 valence electrons. The summed E-state index contributed by atoms with van der Waals surface area (Å²) in [4.78, 5) is 30.2. The van der Waals surface area contributed by atoms with Crippen molar-refractivity contribution in [1.29, 1.82) is 0 Å². The molecular formula is C24H32N6O4. The molecule has 1 fully saturated rings. The summed E-state index contributed by atoms with van der Waals surface area (Å²) in [6.45, 7) is 7.86. The zero-order valence-electron chi connectivity index (χ0n) is 20.0. The van der Waals surface area contributed by atoms with Crippen LogP contribution in [0.4, 0.5) is 0 Å². The van der Waals surface area contributed by atoms with E-state index in [2.05, 4.69) is 31.5 Å². The van der Waals surface area contributed by atoms with Gasteiger partial charge in [-0.1, -0.05) is 18.6 Å². The third kappa shape index (κ3) is 5.51. The molecule has 0 radical (unpaired) electrons. The Hall–Kier alpha value is -3.11. The number of hydrogen-bond donors (Lipinski definition) is 1. The minimum absolute atomic E-state index is 0.0592. The monoisotopic (exact) mass is 468 g/mol. The first-order chi connectivity index (χ1) is 16.5. The zero-order valence-corrected chi connectivity index (χ0v) is 20.0. The van der Waals surface area contributed by atoms with Crippen molar-refractivity contribution in [3.63, 3.8) is 0 Å². The SMILES string of the molecule is CCOC(=O)Cn1nnnc1C(CC)N(Cc1cc2cc(C)ccc2[nH]c1=O)CC1CCCO1. The number of aromatic amines is 1. The van der Waals surface area contributed by atoms with Crippen LogP contribution in [0.3, 0.4) is 0 Å². The minimum atomic E-state index is -0.391. The summed E-state index contributed by atoms with van der Waals surface area (Å²) in [5.41, 5.74) is 2.50. The number of pyridine rings is 1. The van der Waals surface area contributed by atoms with E-state index in [4.69, 9.17) is 9.47 Å². The molecule has 2 unspecified atom stereocenters. The van der Waals surface area contributed by atoms with Gasteiger partial charge in [0.15, 0.2) is 5.82 Å². The first kappa shape index (κ1) is 24.0. The highest BCUT2D eigenvalue weighted by molar-refractivity contribution is 5.79. The largest absolute Gasteiger partial charge is 0.465 e. The van der Waals surface area contributed by atoms with Gasteiger partial charge in [0.2, 0.25) is 0 Å². The van der Waals surface area contributed by atoms with E-state index < -0.39 is 5.97 Å². The number of hydrogen-bond acceptors (Lipinski definition) is 8. The van der Waals surface area contributed by atoms with E-state index in [1.165, 1.54) is 4.68 Å². The van der Waals surface area contributed by atoms with Crippen LogP contribution < -0.4 is 5.56 Å². The average Bonchev–Trinajstić information content (AvgIpc) is 3.48. The van der Waals surface area contributed by atoms with Crippen LogP contribution in [0, 0.1) is 6.92 Å². The molecule has 10 heteroatoms. The van der Waals surface area contributed by atoms with Gasteiger partial charge in [-0.15, -0.1) is 5.10 Å². The quantitative estimate of drug-likeness (QED) is 0.451. The second-order valence-electron chi connectivity index (χ2n) is 8.70. The topological polar surface area (TPSA) is 115 Å². The number of H-pyrrole nitrogens is 1. The van der Waals surface area contributed by atoms with Gasteiger partial charge in [0.05, 0.1) is 18.8 Å². The molecule has 3 aromatic rings. The summed E-state index contributed by atoms with van der Waals surface area (Å²) in [7, 11) is 0. The number of nitrogens with zero attached hydrogens (tertiary/aromatic N) is 5. The Morgan fingerprint density at radius 3 is 2.94 bits per heavy atom. The highest BCUT2D eigenvalue weighted by atomic mass is 16.5. The highest BCUT2D eigenvalue weighted by Crippen LogP contribution is 2.27. The fourth-order valence-corrected chi connectivity index (χ4v) is 4.56. The number of carbonyl (C=O) groups is 1. The van der Waals surface area contributed by atoms with Crippen molar-refractivity contribution in [1.82, 2.24) is 30.1 Å². The van der Waals surface area contributed by atoms with Crippen LogP contribution in [-0.2, 0) is 27.4 Å². The van der Waals surface area contributed by atoms with Crippen LogP contribution in [0.1, 0.15) is 56.1 Å². The van der Waals surface area contributed by atoms with Gasteiger partial charge in [-0.25, -0.2) is 4.68 Å². The standard InChI is InChI=1S/C24H32N6O4/c1-4-21(23-26-27-28-30(23)15-22(31)33-5-2)29(14-19-7-6-10-34-19)13-18-12-17-11-16(3)8-9-20(17)25-24(18)32/h8-9,11-12,19,21H,4-7,10,13-15H2,1-3H3,(H,25,32). The zero-order chi connectivity index (χ0) is 24.1. The molecule has 1 N–H and O–H groups in total. The van der Waals surface area contributed by atoms with Crippen LogP contribution in [0.5, 0.6) is 0 Å². The first-order valence-corrected chi connectivity index (χ1v) is 11.9. The predicted octanol–water partition coefficient (Wildman–Crippen LogP) is 2.52. The lowest BCUT2D eigenvalue weighted by Gasteiger charge is -2.32. The predicted molar refractivity (Wildman–Crippen MR) is 126 cm³/mol. The van der Waals surface area contributed by atoms with Crippen LogP contribution in [-0.4, -0.2) is 61.9 Å². The number of ether oxygens (including phenoxy) is 2. The third-order valence-corrected chi connectivity index (χ3v) is 6.18. The van der Waals surface area contributed by atoms with E-state index >= 15 is 0 Å². The maximum atomic E-state index is 13.0. The van der Waals surface area contributed by atoms with E-state index in [1.807, 2.05) is 32.0 Å². The number of aromatic nitrogens is 5. The van der Waals surface area contributed by atoms with Crippen LogP contribution in [0.2, 0.25) is 0 Å². The number of rotatable bonds is 10. The van der Waals surface area contributed by atoms with Crippen molar-refractivity contribution in [3.8, 4) is 0 Å². The molecule has 0 aliphatic carbocycles. The average molecular weight is 469 g/mol. The van der Waals surface area contributed by atoms with Gasteiger partial charge in [-0.05, 0) is 67.1 Å². The Bertz CT molecular complexity index is 1180. The molecule has 1 aromatic carbocycles. The molecule has 34 heavy (non-hydrogen) atoms. The molecule has 1 aliphatic heterocycles. The Labute approximate surface area is 198 Å². The van der Waals surface area contributed by atoms with E-state index in [-0.39, 0.29) is 24.2 Å². The van der Waals surface area contributed by atoms with Gasteiger partial charge in [0.25, 0.3) is 5.56 Å². The lowest BCUT2D eigenvalue weighted by atomic mass is 10.1. The van der Waals surface area contributed by atoms with Crippen molar-refractivity contribution in [2.24, 2.45) is 0 Å². The molecule has 3 heterocycles. The minimum Gasteiger partial charge on any atom is -0.465 e. The Morgan fingerprint density at radius 1 is 1.35 bits per heavy atom. The van der Waals surface area contributed by atoms with Gasteiger partial charge in [0.1, 0.15) is 6.54 Å². The summed E-state index contributed by atoms with van der Waals surface area (Å²) < 4.78 is 12.5.